The molecule has 2 aromatic heterocycles. The Morgan fingerprint density at radius 1 is 1.07 bits per heavy atom. The van der Waals surface area contributed by atoms with Crippen LogP contribution in [0.25, 0.3) is 22.5 Å². The van der Waals surface area contributed by atoms with E-state index in [2.05, 4.69) is 4.98 Å². The SMILES string of the molecule is O=C(CSc1nc(-c2ccccc2)c(-c2ccccc2)[nH]1)c1cc([N+](=O)[O-])cs1. The maximum Gasteiger partial charge on any atom is 0.280 e. The van der Waals surface area contributed by atoms with Gasteiger partial charge >= 0.3 is 0 Å². The number of thiophene rings is 1. The summed E-state index contributed by atoms with van der Waals surface area (Å²) < 4.78 is 0. The standard InChI is InChI=1S/C21H15N3O3S2/c25-17(18-11-16(12-28-18)24(26)27)13-29-21-22-19(14-7-3-1-4-8-14)20(23-21)15-9-5-2-6-10-15/h1-12H,13H2,(H,22,23). The highest BCUT2D eigenvalue weighted by Gasteiger charge is 2.18. The van der Waals surface area contributed by atoms with Crippen molar-refractivity contribution < 1.29 is 9.72 Å². The second kappa shape index (κ2) is 8.42. The predicted octanol–water partition coefficient (Wildman–Crippen LogP) is 5.69. The number of carbonyl (C=O) groups excluding carboxylic acids is 1. The third kappa shape index (κ3) is 4.28. The van der Waals surface area contributed by atoms with Gasteiger partial charge in [0.15, 0.2) is 10.9 Å². The van der Waals surface area contributed by atoms with Gasteiger partial charge in [-0.25, -0.2) is 4.98 Å². The van der Waals surface area contributed by atoms with Gasteiger partial charge in [0.25, 0.3) is 5.69 Å². The van der Waals surface area contributed by atoms with E-state index in [1.54, 1.807) is 0 Å². The van der Waals surface area contributed by atoms with Crippen molar-refractivity contribution >= 4 is 34.6 Å². The van der Waals surface area contributed by atoms with Gasteiger partial charge in [0.2, 0.25) is 0 Å². The minimum Gasteiger partial charge on any atom is -0.332 e. The van der Waals surface area contributed by atoms with Crippen molar-refractivity contribution in [2.45, 2.75) is 5.16 Å². The van der Waals surface area contributed by atoms with Crippen LogP contribution in [0.5, 0.6) is 0 Å². The summed E-state index contributed by atoms with van der Waals surface area (Å²) in [6.07, 6.45) is 0. The molecule has 0 bridgehead atoms. The van der Waals surface area contributed by atoms with Crippen LogP contribution >= 0.6 is 23.1 Å². The molecule has 1 N–H and O–H groups in total. The Morgan fingerprint density at radius 3 is 2.34 bits per heavy atom. The van der Waals surface area contributed by atoms with Crippen molar-refractivity contribution in [3.63, 3.8) is 0 Å². The summed E-state index contributed by atoms with van der Waals surface area (Å²) in [6, 6.07) is 21.1. The van der Waals surface area contributed by atoms with Gasteiger partial charge in [-0.15, -0.1) is 11.3 Å². The van der Waals surface area contributed by atoms with E-state index in [1.165, 1.54) is 23.2 Å². The molecule has 6 nitrogen and oxygen atoms in total. The zero-order valence-corrected chi connectivity index (χ0v) is 16.7. The first-order valence-electron chi connectivity index (χ1n) is 8.71. The Bertz CT molecular complexity index is 1100. The van der Waals surface area contributed by atoms with Gasteiger partial charge in [-0.2, -0.15) is 0 Å². The molecule has 2 heterocycles. The van der Waals surface area contributed by atoms with Crippen LogP contribution in [0.15, 0.2) is 77.3 Å². The molecule has 2 aromatic carbocycles. The second-order valence-electron chi connectivity index (χ2n) is 6.14. The van der Waals surface area contributed by atoms with Gasteiger partial charge in [-0.3, -0.25) is 14.9 Å². The lowest BCUT2D eigenvalue weighted by molar-refractivity contribution is -0.384. The summed E-state index contributed by atoms with van der Waals surface area (Å²) in [7, 11) is 0. The molecule has 8 heteroatoms. The van der Waals surface area contributed by atoms with Crippen molar-refractivity contribution in [3.05, 3.63) is 87.1 Å². The smallest absolute Gasteiger partial charge is 0.280 e. The maximum atomic E-state index is 12.4. The number of H-pyrrole nitrogens is 1. The van der Waals surface area contributed by atoms with Crippen molar-refractivity contribution in [2.24, 2.45) is 0 Å². The van der Waals surface area contributed by atoms with Crippen molar-refractivity contribution in [3.8, 4) is 22.5 Å². The van der Waals surface area contributed by atoms with Gasteiger partial charge in [0.05, 0.1) is 32.3 Å². The number of thioether (sulfide) groups is 1. The quantitative estimate of drug-likeness (QED) is 0.179. The zero-order valence-electron chi connectivity index (χ0n) is 15.1. The Morgan fingerprint density at radius 2 is 1.72 bits per heavy atom. The fourth-order valence-electron chi connectivity index (χ4n) is 2.81. The van der Waals surface area contributed by atoms with Crippen LogP contribution in [0.2, 0.25) is 0 Å². The largest absolute Gasteiger partial charge is 0.332 e. The molecule has 0 aliphatic rings. The molecule has 0 unspecified atom stereocenters. The van der Waals surface area contributed by atoms with Crippen molar-refractivity contribution in [1.82, 2.24) is 9.97 Å². The van der Waals surface area contributed by atoms with Gasteiger partial charge in [-0.1, -0.05) is 72.4 Å². The number of ketones is 1. The first-order chi connectivity index (χ1) is 14.1. The number of nitro groups is 1. The number of nitrogens with zero attached hydrogens (tertiary/aromatic N) is 2. The van der Waals surface area contributed by atoms with E-state index < -0.39 is 4.92 Å². The van der Waals surface area contributed by atoms with E-state index in [0.717, 1.165) is 33.9 Å². The monoisotopic (exact) mass is 421 g/mol. The number of nitrogens with one attached hydrogen (secondary N) is 1. The van der Waals surface area contributed by atoms with Crippen LogP contribution in [0.3, 0.4) is 0 Å². The molecule has 0 aliphatic heterocycles. The highest BCUT2D eigenvalue weighted by atomic mass is 32.2. The molecule has 144 valence electrons. The molecule has 0 atom stereocenters. The van der Waals surface area contributed by atoms with Gasteiger partial charge in [0, 0.05) is 17.2 Å². The molecule has 0 saturated heterocycles. The predicted molar refractivity (Wildman–Crippen MR) is 115 cm³/mol. The summed E-state index contributed by atoms with van der Waals surface area (Å²) in [5.74, 6) is -0.0137. The molecular formula is C21H15N3O3S2. The maximum absolute atomic E-state index is 12.4. The first kappa shape index (κ1) is 19.1. The van der Waals surface area contributed by atoms with E-state index >= 15 is 0 Å². The van der Waals surface area contributed by atoms with Crippen LogP contribution < -0.4 is 0 Å². The summed E-state index contributed by atoms with van der Waals surface area (Å²) in [5.41, 5.74) is 3.64. The van der Waals surface area contributed by atoms with Crippen LogP contribution in [-0.4, -0.2) is 26.4 Å². The lowest BCUT2D eigenvalue weighted by Gasteiger charge is -2.02. The lowest BCUT2D eigenvalue weighted by atomic mass is 10.1. The zero-order chi connectivity index (χ0) is 20.2. The molecule has 0 aliphatic carbocycles. The highest BCUT2D eigenvalue weighted by molar-refractivity contribution is 7.99. The molecule has 0 amide bonds. The van der Waals surface area contributed by atoms with Crippen LogP contribution in [0.4, 0.5) is 5.69 Å². The second-order valence-corrected chi connectivity index (χ2v) is 8.01. The normalized spacial score (nSPS) is 10.8. The van der Waals surface area contributed by atoms with E-state index in [0.29, 0.717) is 10.0 Å². The average molecular weight is 422 g/mol. The van der Waals surface area contributed by atoms with Crippen LogP contribution in [-0.2, 0) is 0 Å². The average Bonchev–Trinajstić information content (AvgIpc) is 3.41. The number of hydrogen-bond acceptors (Lipinski definition) is 6. The number of benzene rings is 2. The number of imidazole rings is 1. The molecule has 0 spiro atoms. The molecule has 4 rings (SSSR count). The Kier molecular flexibility index (Phi) is 5.55. The van der Waals surface area contributed by atoms with Crippen molar-refractivity contribution in [1.29, 1.82) is 0 Å². The van der Waals surface area contributed by atoms with Crippen molar-refractivity contribution in [2.75, 3.05) is 5.75 Å². The molecule has 0 saturated carbocycles. The minimum absolute atomic E-state index is 0.0564. The number of aromatic nitrogens is 2. The van der Waals surface area contributed by atoms with E-state index in [-0.39, 0.29) is 17.2 Å². The third-order valence-corrected chi connectivity index (χ3v) is 6.04. The fraction of sp³-hybridized carbons (Fsp3) is 0.0476. The first-order valence-corrected chi connectivity index (χ1v) is 10.6. The van der Waals surface area contributed by atoms with E-state index in [9.17, 15) is 14.9 Å². The Balaban J connectivity index is 1.58. The molecule has 0 fully saturated rings. The number of rotatable bonds is 7. The van der Waals surface area contributed by atoms with Crippen LogP contribution in [0, 0.1) is 10.1 Å². The van der Waals surface area contributed by atoms with Gasteiger partial charge in [-0.05, 0) is 0 Å². The van der Waals surface area contributed by atoms with E-state index in [4.69, 9.17) is 4.98 Å². The molecule has 0 radical (unpaired) electrons. The van der Waals surface area contributed by atoms with Gasteiger partial charge in [0.1, 0.15) is 0 Å². The minimum atomic E-state index is -0.495. The molecule has 4 aromatic rings. The highest BCUT2D eigenvalue weighted by Crippen LogP contribution is 2.33. The topological polar surface area (TPSA) is 88.9 Å². The van der Waals surface area contributed by atoms with Gasteiger partial charge < -0.3 is 4.98 Å². The summed E-state index contributed by atoms with van der Waals surface area (Å²) in [5, 5.41) is 12.8. The fourth-order valence-corrected chi connectivity index (χ4v) is 4.45. The summed E-state index contributed by atoms with van der Waals surface area (Å²) in [6.45, 7) is 0. The number of hydrogen-bond donors (Lipinski definition) is 1. The number of aromatic amines is 1. The Hall–Kier alpha value is -3.23. The summed E-state index contributed by atoms with van der Waals surface area (Å²) in [4.78, 5) is 31.1. The lowest BCUT2D eigenvalue weighted by Crippen LogP contribution is -1.99. The van der Waals surface area contributed by atoms with E-state index in [1.807, 2.05) is 60.7 Å². The van der Waals surface area contributed by atoms with Crippen LogP contribution in [0.1, 0.15) is 9.67 Å². The molecule has 29 heavy (non-hydrogen) atoms. The summed E-state index contributed by atoms with van der Waals surface area (Å²) >= 11 is 2.37. The molecular weight excluding hydrogens is 406 g/mol. The number of Topliss-reactive ketones (excluding diaryl/α,β-unsaturated/α-hetero) is 1. The Labute approximate surface area is 174 Å². The third-order valence-electron chi connectivity index (χ3n) is 4.20. The number of carbonyl (C=O) groups is 1.